The van der Waals surface area contributed by atoms with Crippen LogP contribution < -0.4 is 20.1 Å². The largest absolute Gasteiger partial charge is 0.495 e. The van der Waals surface area contributed by atoms with Crippen LogP contribution in [0.1, 0.15) is 15.9 Å². The fraction of sp³-hybridized carbons (Fsp3) is 0.125. The Labute approximate surface area is 184 Å². The van der Waals surface area contributed by atoms with Gasteiger partial charge in [-0.15, -0.1) is 0 Å². The van der Waals surface area contributed by atoms with Crippen LogP contribution in [-0.4, -0.2) is 25.5 Å². The molecule has 0 bridgehead atoms. The highest BCUT2D eigenvalue weighted by Gasteiger charge is 2.13. The molecule has 3 aromatic rings. The summed E-state index contributed by atoms with van der Waals surface area (Å²) in [5.74, 6) is -0.570. The fourth-order valence-electron chi connectivity index (χ4n) is 2.85. The number of nitrogens with zero attached hydrogens (tertiary/aromatic N) is 1. The Morgan fingerprint density at radius 1 is 1.03 bits per heavy atom. The van der Waals surface area contributed by atoms with Gasteiger partial charge in [0.15, 0.2) is 6.61 Å². The first-order valence-electron chi connectivity index (χ1n) is 9.62. The van der Waals surface area contributed by atoms with Gasteiger partial charge >= 0.3 is 0 Å². The molecule has 0 aromatic heterocycles. The summed E-state index contributed by atoms with van der Waals surface area (Å²) in [6.07, 6.45) is 0.302. The molecule has 0 saturated heterocycles. The van der Waals surface area contributed by atoms with Gasteiger partial charge in [-0.2, -0.15) is 5.26 Å². The summed E-state index contributed by atoms with van der Waals surface area (Å²) < 4.78 is 24.1. The highest BCUT2D eigenvalue weighted by atomic mass is 19.1. The number of nitriles is 1. The Bertz CT molecular complexity index is 1160. The van der Waals surface area contributed by atoms with Crippen molar-refractivity contribution in [3.05, 3.63) is 83.7 Å². The summed E-state index contributed by atoms with van der Waals surface area (Å²) in [5.41, 5.74) is 1.73. The van der Waals surface area contributed by atoms with Crippen molar-refractivity contribution < 1.29 is 23.5 Å². The number of hydrogen-bond donors (Lipinski definition) is 2. The summed E-state index contributed by atoms with van der Waals surface area (Å²) in [6.45, 7) is -0.228. The van der Waals surface area contributed by atoms with E-state index in [2.05, 4.69) is 16.7 Å². The van der Waals surface area contributed by atoms with Crippen LogP contribution in [0.25, 0.3) is 0 Å². The van der Waals surface area contributed by atoms with Crippen molar-refractivity contribution in [2.75, 3.05) is 24.4 Å². The van der Waals surface area contributed by atoms with E-state index in [0.29, 0.717) is 29.3 Å². The molecule has 0 fully saturated rings. The molecule has 162 valence electrons. The van der Waals surface area contributed by atoms with E-state index in [-0.39, 0.29) is 12.2 Å². The number of benzene rings is 3. The first-order chi connectivity index (χ1) is 15.5. The summed E-state index contributed by atoms with van der Waals surface area (Å²) in [6, 6.07) is 19.0. The molecule has 3 aromatic carbocycles. The average molecular weight is 433 g/mol. The molecular weight excluding hydrogens is 413 g/mol. The first kappa shape index (κ1) is 22.3. The molecule has 0 aliphatic heterocycles. The Morgan fingerprint density at radius 3 is 2.50 bits per heavy atom. The quantitative estimate of drug-likeness (QED) is 0.555. The van der Waals surface area contributed by atoms with Crippen molar-refractivity contribution in [1.29, 1.82) is 5.26 Å². The van der Waals surface area contributed by atoms with E-state index in [9.17, 15) is 14.0 Å². The summed E-state index contributed by atoms with van der Waals surface area (Å²) in [5, 5.41) is 14.0. The number of hydrogen-bond acceptors (Lipinski definition) is 5. The average Bonchev–Trinajstić information content (AvgIpc) is 2.79. The number of halogens is 1. The molecule has 0 aliphatic rings. The molecule has 8 heteroatoms. The van der Waals surface area contributed by atoms with Crippen LogP contribution >= 0.6 is 0 Å². The third kappa shape index (κ3) is 6.06. The van der Waals surface area contributed by atoms with E-state index < -0.39 is 17.6 Å². The minimum Gasteiger partial charge on any atom is -0.495 e. The van der Waals surface area contributed by atoms with E-state index >= 15 is 0 Å². The zero-order valence-corrected chi connectivity index (χ0v) is 17.2. The van der Waals surface area contributed by atoms with E-state index in [1.165, 1.54) is 31.4 Å². The third-order valence-corrected chi connectivity index (χ3v) is 4.39. The summed E-state index contributed by atoms with van der Waals surface area (Å²) in [7, 11) is 1.45. The van der Waals surface area contributed by atoms with Crippen LogP contribution in [0.15, 0.2) is 66.7 Å². The number of carbonyl (C=O) groups is 2. The van der Waals surface area contributed by atoms with Crippen LogP contribution in [-0.2, 0) is 11.2 Å². The molecule has 7 nitrogen and oxygen atoms in total. The molecule has 2 amide bonds. The maximum Gasteiger partial charge on any atom is 0.262 e. The molecule has 0 heterocycles. The van der Waals surface area contributed by atoms with Crippen molar-refractivity contribution >= 4 is 23.2 Å². The monoisotopic (exact) mass is 433 g/mol. The smallest absolute Gasteiger partial charge is 0.262 e. The number of amides is 2. The van der Waals surface area contributed by atoms with Gasteiger partial charge in [0.2, 0.25) is 0 Å². The Hall–Kier alpha value is -4.38. The number of methoxy groups -OCH3 is 1. The zero-order chi connectivity index (χ0) is 22.9. The van der Waals surface area contributed by atoms with Crippen molar-refractivity contribution in [2.45, 2.75) is 6.42 Å². The van der Waals surface area contributed by atoms with E-state index in [1.54, 1.807) is 36.4 Å². The number of carbonyl (C=O) groups excluding carboxylic acids is 2. The van der Waals surface area contributed by atoms with Crippen LogP contribution in [0.5, 0.6) is 11.5 Å². The Morgan fingerprint density at radius 2 is 1.81 bits per heavy atom. The summed E-state index contributed by atoms with van der Waals surface area (Å²) in [4.78, 5) is 24.7. The molecule has 32 heavy (non-hydrogen) atoms. The van der Waals surface area contributed by atoms with Crippen LogP contribution in [0.4, 0.5) is 15.8 Å². The van der Waals surface area contributed by atoms with Crippen molar-refractivity contribution in [1.82, 2.24) is 0 Å². The summed E-state index contributed by atoms with van der Waals surface area (Å²) >= 11 is 0. The maximum atomic E-state index is 13.4. The predicted octanol–water partition coefficient (Wildman–Crippen LogP) is 4.17. The molecule has 0 unspecified atom stereocenters. The van der Waals surface area contributed by atoms with Gasteiger partial charge in [-0.25, -0.2) is 4.39 Å². The van der Waals surface area contributed by atoms with Gasteiger partial charge in [0.05, 0.1) is 25.3 Å². The van der Waals surface area contributed by atoms with E-state index in [1.807, 2.05) is 0 Å². The SMILES string of the molecule is COc1ccc(NC(=O)COc2ccc(CC#N)cc2)cc1NC(=O)c1cccc(F)c1. The second-order valence-electron chi connectivity index (χ2n) is 6.70. The number of anilines is 2. The molecule has 0 aliphatic carbocycles. The lowest BCUT2D eigenvalue weighted by molar-refractivity contribution is -0.118. The molecule has 0 radical (unpaired) electrons. The molecule has 0 spiro atoms. The van der Waals surface area contributed by atoms with Gasteiger partial charge in [0.1, 0.15) is 17.3 Å². The Kier molecular flexibility index (Phi) is 7.38. The molecule has 0 saturated carbocycles. The van der Waals surface area contributed by atoms with Gasteiger partial charge in [-0.1, -0.05) is 18.2 Å². The first-order valence-corrected chi connectivity index (χ1v) is 9.62. The van der Waals surface area contributed by atoms with Gasteiger partial charge < -0.3 is 20.1 Å². The van der Waals surface area contributed by atoms with Crippen LogP contribution in [0, 0.1) is 17.1 Å². The van der Waals surface area contributed by atoms with Crippen LogP contribution in [0.2, 0.25) is 0 Å². The number of rotatable bonds is 8. The van der Waals surface area contributed by atoms with Crippen molar-refractivity contribution in [3.63, 3.8) is 0 Å². The molecular formula is C24H20FN3O4. The standard InChI is InChI=1S/C24H20FN3O4/c1-31-22-10-7-19(14-21(22)28-24(30)17-3-2-4-18(25)13-17)27-23(29)15-32-20-8-5-16(6-9-20)11-12-26/h2-10,13-14H,11,15H2,1H3,(H,27,29)(H,28,30). The highest BCUT2D eigenvalue weighted by molar-refractivity contribution is 6.05. The molecule has 0 atom stereocenters. The lowest BCUT2D eigenvalue weighted by Crippen LogP contribution is -2.20. The highest BCUT2D eigenvalue weighted by Crippen LogP contribution is 2.28. The van der Waals surface area contributed by atoms with Gasteiger partial charge in [0, 0.05) is 11.3 Å². The lowest BCUT2D eigenvalue weighted by Gasteiger charge is -2.13. The van der Waals surface area contributed by atoms with Crippen LogP contribution in [0.3, 0.4) is 0 Å². The minimum absolute atomic E-state index is 0.149. The van der Waals surface area contributed by atoms with Gasteiger partial charge in [-0.3, -0.25) is 9.59 Å². The molecule has 3 rings (SSSR count). The van der Waals surface area contributed by atoms with Gasteiger partial charge in [0.25, 0.3) is 11.8 Å². The van der Waals surface area contributed by atoms with Crippen molar-refractivity contribution in [3.8, 4) is 17.6 Å². The van der Waals surface area contributed by atoms with E-state index in [0.717, 1.165) is 11.6 Å². The maximum absolute atomic E-state index is 13.4. The van der Waals surface area contributed by atoms with Gasteiger partial charge in [-0.05, 0) is 54.1 Å². The predicted molar refractivity (Wildman–Crippen MR) is 117 cm³/mol. The second kappa shape index (κ2) is 10.6. The lowest BCUT2D eigenvalue weighted by atomic mass is 10.2. The fourth-order valence-corrected chi connectivity index (χ4v) is 2.85. The molecule has 2 N–H and O–H groups in total. The topological polar surface area (TPSA) is 100 Å². The third-order valence-electron chi connectivity index (χ3n) is 4.39. The van der Waals surface area contributed by atoms with Crippen molar-refractivity contribution in [2.24, 2.45) is 0 Å². The minimum atomic E-state index is -0.523. The zero-order valence-electron chi connectivity index (χ0n) is 17.2. The number of ether oxygens (including phenoxy) is 2. The second-order valence-corrected chi connectivity index (χ2v) is 6.70. The Balaban J connectivity index is 1.63. The van der Waals surface area contributed by atoms with E-state index in [4.69, 9.17) is 14.7 Å². The normalized spacial score (nSPS) is 10.0. The number of nitrogens with one attached hydrogen (secondary N) is 2.